The minimum absolute atomic E-state index is 0.120. The van der Waals surface area contributed by atoms with Gasteiger partial charge in [0.1, 0.15) is 5.01 Å². The largest absolute Gasteiger partial charge is 0.493 e. The molecule has 10 heteroatoms. The first kappa shape index (κ1) is 19.8. The second-order valence-corrected chi connectivity index (χ2v) is 5.92. The van der Waals surface area contributed by atoms with Crippen LogP contribution in [0, 0.1) is 0 Å². The molecule has 2 rings (SSSR count). The molecule has 0 spiro atoms. The Balaban J connectivity index is 2.00. The number of nitrogens with zero attached hydrogens (tertiary/aromatic N) is 2. The number of alkyl halides is 3. The van der Waals surface area contributed by atoms with Crippen LogP contribution in [0.3, 0.4) is 0 Å². The number of rotatable bonds is 6. The van der Waals surface area contributed by atoms with Gasteiger partial charge >= 0.3 is 6.18 Å². The molecule has 0 fully saturated rings. The number of ether oxygens (including phenoxy) is 2. The number of halogens is 3. The van der Waals surface area contributed by atoms with Gasteiger partial charge in [-0.3, -0.25) is 4.99 Å². The number of methoxy groups -OCH3 is 1. The van der Waals surface area contributed by atoms with E-state index < -0.39 is 11.9 Å². The van der Waals surface area contributed by atoms with E-state index in [0.29, 0.717) is 34.8 Å². The van der Waals surface area contributed by atoms with Crippen LogP contribution in [0.5, 0.6) is 11.5 Å². The van der Waals surface area contributed by atoms with Crippen LogP contribution >= 0.6 is 11.3 Å². The third kappa shape index (κ3) is 5.25. The standard InChI is InChI=1S/C16H19F3N4O2S/c1-4-25-11-6-5-10(7-12(11)24-3)22-15(20-2)21-8-14-23-13(9-26-14)16(17,18)19/h5-7,9H,4,8H2,1-3H3,(H2,20,21,22). The summed E-state index contributed by atoms with van der Waals surface area (Å²) in [5, 5.41) is 7.26. The summed E-state index contributed by atoms with van der Waals surface area (Å²) in [6, 6.07) is 5.28. The van der Waals surface area contributed by atoms with E-state index in [0.717, 1.165) is 16.7 Å². The molecule has 0 aliphatic rings. The van der Waals surface area contributed by atoms with Crippen molar-refractivity contribution in [2.24, 2.45) is 4.99 Å². The maximum atomic E-state index is 12.6. The summed E-state index contributed by atoms with van der Waals surface area (Å²) in [6.07, 6.45) is -4.44. The summed E-state index contributed by atoms with van der Waals surface area (Å²) in [4.78, 5) is 7.61. The van der Waals surface area contributed by atoms with Gasteiger partial charge in [0.05, 0.1) is 20.3 Å². The summed E-state index contributed by atoms with van der Waals surface area (Å²) < 4.78 is 48.5. The van der Waals surface area contributed by atoms with E-state index >= 15 is 0 Å². The Kier molecular flexibility index (Phi) is 6.67. The molecule has 2 N–H and O–H groups in total. The van der Waals surface area contributed by atoms with Crippen LogP contribution in [-0.4, -0.2) is 31.7 Å². The van der Waals surface area contributed by atoms with Crippen molar-refractivity contribution >= 4 is 23.0 Å². The molecule has 1 aromatic carbocycles. The van der Waals surface area contributed by atoms with Gasteiger partial charge in [-0.25, -0.2) is 4.98 Å². The molecule has 142 valence electrons. The van der Waals surface area contributed by atoms with Crippen molar-refractivity contribution in [1.82, 2.24) is 10.3 Å². The number of aromatic nitrogens is 1. The monoisotopic (exact) mass is 388 g/mol. The fourth-order valence-electron chi connectivity index (χ4n) is 2.02. The maximum absolute atomic E-state index is 12.6. The number of hydrogen-bond donors (Lipinski definition) is 2. The molecule has 0 bridgehead atoms. The maximum Gasteiger partial charge on any atom is 0.434 e. The fourth-order valence-corrected chi connectivity index (χ4v) is 2.76. The van der Waals surface area contributed by atoms with Crippen LogP contribution < -0.4 is 20.1 Å². The normalized spacial score (nSPS) is 12.0. The van der Waals surface area contributed by atoms with Gasteiger partial charge in [-0.1, -0.05) is 0 Å². The number of aliphatic imine (C=N–C) groups is 1. The molecule has 0 amide bonds. The minimum atomic E-state index is -4.44. The lowest BCUT2D eigenvalue weighted by molar-refractivity contribution is -0.140. The molecule has 0 radical (unpaired) electrons. The lowest BCUT2D eigenvalue weighted by atomic mass is 10.2. The van der Waals surface area contributed by atoms with Crippen molar-refractivity contribution in [2.45, 2.75) is 19.6 Å². The van der Waals surface area contributed by atoms with Gasteiger partial charge in [0.2, 0.25) is 0 Å². The van der Waals surface area contributed by atoms with Gasteiger partial charge in [-0.05, 0) is 19.1 Å². The van der Waals surface area contributed by atoms with Crippen LogP contribution in [0.15, 0.2) is 28.6 Å². The van der Waals surface area contributed by atoms with E-state index in [-0.39, 0.29) is 6.54 Å². The molecular formula is C16H19F3N4O2S. The van der Waals surface area contributed by atoms with Crippen LogP contribution in [-0.2, 0) is 12.7 Å². The average Bonchev–Trinajstić information content (AvgIpc) is 3.09. The SMILES string of the molecule is CCOc1ccc(NC(=NC)NCc2nc(C(F)(F)F)cs2)cc1OC. The molecule has 1 heterocycles. The molecular weight excluding hydrogens is 369 g/mol. The predicted octanol–water partition coefficient (Wildman–Crippen LogP) is 3.76. The van der Waals surface area contributed by atoms with E-state index in [2.05, 4.69) is 20.6 Å². The van der Waals surface area contributed by atoms with Crippen molar-refractivity contribution in [3.63, 3.8) is 0 Å². The zero-order chi connectivity index (χ0) is 19.2. The Bertz CT molecular complexity index is 762. The van der Waals surface area contributed by atoms with Gasteiger partial charge in [-0.2, -0.15) is 13.2 Å². The first-order valence-electron chi connectivity index (χ1n) is 7.67. The number of anilines is 1. The van der Waals surface area contributed by atoms with Crippen molar-refractivity contribution in [3.8, 4) is 11.5 Å². The van der Waals surface area contributed by atoms with Crippen LogP contribution in [0.1, 0.15) is 17.6 Å². The van der Waals surface area contributed by atoms with Gasteiger partial charge in [0, 0.05) is 24.2 Å². The highest BCUT2D eigenvalue weighted by atomic mass is 32.1. The summed E-state index contributed by atoms with van der Waals surface area (Å²) in [6.45, 7) is 2.51. The minimum Gasteiger partial charge on any atom is -0.493 e. The first-order chi connectivity index (χ1) is 12.4. The summed E-state index contributed by atoms with van der Waals surface area (Å²) >= 11 is 0.936. The number of benzene rings is 1. The van der Waals surface area contributed by atoms with Crippen LogP contribution in [0.2, 0.25) is 0 Å². The molecule has 0 aliphatic heterocycles. The highest BCUT2D eigenvalue weighted by Gasteiger charge is 2.33. The highest BCUT2D eigenvalue weighted by molar-refractivity contribution is 7.09. The Hall–Kier alpha value is -2.49. The summed E-state index contributed by atoms with van der Waals surface area (Å²) in [5.74, 6) is 1.56. The second-order valence-electron chi connectivity index (χ2n) is 4.97. The van der Waals surface area contributed by atoms with E-state index in [1.165, 1.54) is 7.11 Å². The molecule has 0 saturated carbocycles. The molecule has 6 nitrogen and oxygen atoms in total. The van der Waals surface area contributed by atoms with Crippen molar-refractivity contribution < 1.29 is 22.6 Å². The molecule has 2 aromatic rings. The highest BCUT2D eigenvalue weighted by Crippen LogP contribution is 2.31. The Morgan fingerprint density at radius 2 is 2.08 bits per heavy atom. The Morgan fingerprint density at radius 3 is 2.65 bits per heavy atom. The first-order valence-corrected chi connectivity index (χ1v) is 8.55. The molecule has 26 heavy (non-hydrogen) atoms. The lowest BCUT2D eigenvalue weighted by Gasteiger charge is -2.14. The number of hydrogen-bond acceptors (Lipinski definition) is 5. The van der Waals surface area contributed by atoms with Crippen LogP contribution in [0.4, 0.5) is 18.9 Å². The smallest absolute Gasteiger partial charge is 0.434 e. The van der Waals surface area contributed by atoms with Gasteiger partial charge in [0.15, 0.2) is 23.2 Å². The van der Waals surface area contributed by atoms with E-state index in [1.807, 2.05) is 6.92 Å². The second kappa shape index (κ2) is 8.75. The van der Waals surface area contributed by atoms with Gasteiger partial charge < -0.3 is 20.1 Å². The molecule has 0 saturated heterocycles. The van der Waals surface area contributed by atoms with E-state index in [4.69, 9.17) is 9.47 Å². The quantitative estimate of drug-likeness (QED) is 0.583. The predicted molar refractivity (Wildman–Crippen MR) is 95.1 cm³/mol. The van der Waals surface area contributed by atoms with Crippen molar-refractivity contribution in [3.05, 3.63) is 34.3 Å². The fraction of sp³-hybridized carbons (Fsp3) is 0.375. The zero-order valence-corrected chi connectivity index (χ0v) is 15.3. The third-order valence-electron chi connectivity index (χ3n) is 3.20. The summed E-state index contributed by atoms with van der Waals surface area (Å²) in [7, 11) is 3.10. The summed E-state index contributed by atoms with van der Waals surface area (Å²) in [5.41, 5.74) is -0.202. The Labute approximate surface area is 153 Å². The average molecular weight is 388 g/mol. The topological polar surface area (TPSA) is 67.8 Å². The van der Waals surface area contributed by atoms with Crippen molar-refractivity contribution in [2.75, 3.05) is 26.1 Å². The zero-order valence-electron chi connectivity index (χ0n) is 14.5. The van der Waals surface area contributed by atoms with Crippen molar-refractivity contribution in [1.29, 1.82) is 0 Å². The van der Waals surface area contributed by atoms with Gasteiger partial charge in [-0.15, -0.1) is 11.3 Å². The van der Waals surface area contributed by atoms with Gasteiger partial charge in [0.25, 0.3) is 0 Å². The molecule has 0 atom stereocenters. The third-order valence-corrected chi connectivity index (χ3v) is 4.05. The van der Waals surface area contributed by atoms with E-state index in [9.17, 15) is 13.2 Å². The van der Waals surface area contributed by atoms with Crippen LogP contribution in [0.25, 0.3) is 0 Å². The number of thiazole rings is 1. The number of nitrogens with one attached hydrogen (secondary N) is 2. The van der Waals surface area contributed by atoms with E-state index in [1.54, 1.807) is 25.2 Å². The Morgan fingerprint density at radius 1 is 1.31 bits per heavy atom. The lowest BCUT2D eigenvalue weighted by Crippen LogP contribution is -2.30. The molecule has 0 unspecified atom stereocenters. The molecule has 1 aromatic heterocycles. The molecule has 0 aliphatic carbocycles. The number of guanidine groups is 1.